The fourth-order valence-electron chi connectivity index (χ4n) is 1.77. The highest BCUT2D eigenvalue weighted by Gasteiger charge is 2.21. The van der Waals surface area contributed by atoms with Gasteiger partial charge in [0, 0.05) is 32.4 Å². The third-order valence-electron chi connectivity index (χ3n) is 2.85. The Morgan fingerprint density at radius 2 is 2.29 bits per heavy atom. The minimum absolute atomic E-state index is 0.0230. The Labute approximate surface area is 124 Å². The van der Waals surface area contributed by atoms with Crippen molar-refractivity contribution in [2.45, 2.75) is 6.42 Å². The number of nitro groups is 1. The summed E-state index contributed by atoms with van der Waals surface area (Å²) in [5, 5.41) is 13.5. The summed E-state index contributed by atoms with van der Waals surface area (Å²) >= 11 is 5.67. The quantitative estimate of drug-likeness (QED) is 0.510. The van der Waals surface area contributed by atoms with E-state index in [1.807, 2.05) is 11.6 Å². The summed E-state index contributed by atoms with van der Waals surface area (Å²) in [6.07, 6.45) is 4.94. The van der Waals surface area contributed by atoms with E-state index in [1.165, 1.54) is 6.07 Å². The molecule has 1 N–H and O–H groups in total. The number of hydrogen-bond donors (Lipinski definition) is 1. The van der Waals surface area contributed by atoms with Crippen LogP contribution in [0.25, 0.3) is 0 Å². The number of imidazole rings is 1. The molecule has 2 heterocycles. The number of carbonyl (C=O) groups excluding carboxylic acids is 1. The predicted molar refractivity (Wildman–Crippen MR) is 75.1 cm³/mol. The minimum atomic E-state index is -0.670. The van der Waals surface area contributed by atoms with Crippen LogP contribution in [0.15, 0.2) is 24.7 Å². The van der Waals surface area contributed by atoms with Crippen LogP contribution in [-0.2, 0) is 13.5 Å². The van der Waals surface area contributed by atoms with Gasteiger partial charge in [0.1, 0.15) is 22.7 Å². The largest absolute Gasteiger partial charge is 0.351 e. The molecule has 0 fully saturated rings. The number of pyridine rings is 1. The summed E-state index contributed by atoms with van der Waals surface area (Å²) in [7, 11) is 1.84. The third-order valence-corrected chi connectivity index (χ3v) is 3.05. The van der Waals surface area contributed by atoms with Gasteiger partial charge in [-0.25, -0.2) is 9.97 Å². The average Bonchev–Trinajstić information content (AvgIpc) is 2.84. The fraction of sp³-hybridized carbons (Fsp3) is 0.250. The Hall–Kier alpha value is -2.48. The van der Waals surface area contributed by atoms with Gasteiger partial charge in [0.05, 0.1) is 4.92 Å². The molecule has 0 bridgehead atoms. The molecule has 8 nitrogen and oxygen atoms in total. The molecule has 2 aromatic rings. The van der Waals surface area contributed by atoms with E-state index in [-0.39, 0.29) is 16.4 Å². The standard InChI is InChI=1S/C12H12ClN5O3/c1-17-5-4-14-11(17)2-3-15-12(19)8-6-10(13)16-7-9(8)18(20)21/h4-7H,2-3H2,1H3,(H,15,19). The number of amides is 1. The van der Waals surface area contributed by atoms with Crippen LogP contribution in [-0.4, -0.2) is 31.9 Å². The molecule has 110 valence electrons. The van der Waals surface area contributed by atoms with Crippen molar-refractivity contribution < 1.29 is 9.72 Å². The Balaban J connectivity index is 2.05. The molecule has 0 aliphatic carbocycles. The molecule has 0 radical (unpaired) electrons. The Morgan fingerprint density at radius 1 is 1.52 bits per heavy atom. The maximum atomic E-state index is 12.0. The fourth-order valence-corrected chi connectivity index (χ4v) is 1.93. The Morgan fingerprint density at radius 3 is 2.90 bits per heavy atom. The first kappa shape index (κ1) is 14.9. The number of nitrogens with one attached hydrogen (secondary N) is 1. The number of nitrogens with zero attached hydrogens (tertiary/aromatic N) is 4. The summed E-state index contributed by atoms with van der Waals surface area (Å²) in [6.45, 7) is 0.306. The van der Waals surface area contributed by atoms with Gasteiger partial charge in [-0.15, -0.1) is 0 Å². The van der Waals surface area contributed by atoms with Crippen molar-refractivity contribution in [2.24, 2.45) is 7.05 Å². The number of carbonyl (C=O) groups is 1. The monoisotopic (exact) mass is 309 g/mol. The van der Waals surface area contributed by atoms with Crippen molar-refractivity contribution >= 4 is 23.2 Å². The number of hydrogen-bond acceptors (Lipinski definition) is 5. The van der Waals surface area contributed by atoms with Crippen LogP contribution in [0.1, 0.15) is 16.2 Å². The van der Waals surface area contributed by atoms with Crippen LogP contribution < -0.4 is 5.32 Å². The molecule has 0 aliphatic heterocycles. The second kappa shape index (κ2) is 6.31. The van der Waals surface area contributed by atoms with Crippen LogP contribution in [0.3, 0.4) is 0 Å². The average molecular weight is 310 g/mol. The molecular formula is C12H12ClN5O3. The SMILES string of the molecule is Cn1ccnc1CCNC(=O)c1cc(Cl)ncc1[N+](=O)[O-]. The van der Waals surface area contributed by atoms with Crippen molar-refractivity contribution in [3.63, 3.8) is 0 Å². The van der Waals surface area contributed by atoms with E-state index >= 15 is 0 Å². The second-order valence-corrected chi connectivity index (χ2v) is 4.63. The molecule has 0 saturated heterocycles. The van der Waals surface area contributed by atoms with Gasteiger partial charge in [-0.1, -0.05) is 11.6 Å². The predicted octanol–water partition coefficient (Wildman–Crippen LogP) is 1.35. The molecule has 2 rings (SSSR count). The Kier molecular flexibility index (Phi) is 4.49. The van der Waals surface area contributed by atoms with Crippen molar-refractivity contribution in [1.82, 2.24) is 19.9 Å². The van der Waals surface area contributed by atoms with Crippen LogP contribution in [0.4, 0.5) is 5.69 Å². The first-order chi connectivity index (χ1) is 9.99. The normalized spacial score (nSPS) is 10.4. The zero-order valence-corrected chi connectivity index (χ0v) is 11.9. The summed E-state index contributed by atoms with van der Waals surface area (Å²) in [5.41, 5.74) is -0.492. The van der Waals surface area contributed by atoms with E-state index in [9.17, 15) is 14.9 Å². The van der Waals surface area contributed by atoms with E-state index in [4.69, 9.17) is 11.6 Å². The van der Waals surface area contributed by atoms with E-state index in [2.05, 4.69) is 15.3 Å². The second-order valence-electron chi connectivity index (χ2n) is 4.24. The van der Waals surface area contributed by atoms with Crippen LogP contribution in [0.2, 0.25) is 5.15 Å². The zero-order chi connectivity index (χ0) is 15.4. The van der Waals surface area contributed by atoms with Gasteiger partial charge in [0.15, 0.2) is 0 Å². The molecule has 1 amide bonds. The third kappa shape index (κ3) is 3.54. The van der Waals surface area contributed by atoms with Crippen molar-refractivity contribution in [1.29, 1.82) is 0 Å². The van der Waals surface area contributed by atoms with Gasteiger partial charge in [-0.3, -0.25) is 14.9 Å². The zero-order valence-electron chi connectivity index (χ0n) is 11.1. The minimum Gasteiger partial charge on any atom is -0.351 e. The number of aryl methyl sites for hydroxylation is 1. The van der Waals surface area contributed by atoms with E-state index in [1.54, 1.807) is 12.4 Å². The topological polar surface area (TPSA) is 103 Å². The lowest BCUT2D eigenvalue weighted by molar-refractivity contribution is -0.385. The molecule has 21 heavy (non-hydrogen) atoms. The Bertz CT molecular complexity index is 685. The first-order valence-corrected chi connectivity index (χ1v) is 6.41. The summed E-state index contributed by atoms with van der Waals surface area (Å²) < 4.78 is 1.83. The van der Waals surface area contributed by atoms with Gasteiger partial charge in [0.25, 0.3) is 11.6 Å². The van der Waals surface area contributed by atoms with Crippen LogP contribution >= 0.6 is 11.6 Å². The van der Waals surface area contributed by atoms with Gasteiger partial charge < -0.3 is 9.88 Å². The molecule has 9 heteroatoms. The van der Waals surface area contributed by atoms with Crippen LogP contribution in [0.5, 0.6) is 0 Å². The van der Waals surface area contributed by atoms with Crippen molar-refractivity contribution in [3.05, 3.63) is 51.3 Å². The van der Waals surface area contributed by atoms with Gasteiger partial charge >= 0.3 is 0 Å². The highest BCUT2D eigenvalue weighted by molar-refractivity contribution is 6.29. The molecule has 0 saturated carbocycles. The molecule has 0 atom stereocenters. The van der Waals surface area contributed by atoms with E-state index in [0.717, 1.165) is 12.0 Å². The molecule has 0 unspecified atom stereocenters. The maximum Gasteiger partial charge on any atom is 0.300 e. The highest BCUT2D eigenvalue weighted by atomic mass is 35.5. The summed E-state index contributed by atoms with van der Waals surface area (Å²) in [6, 6.07) is 1.18. The first-order valence-electron chi connectivity index (χ1n) is 6.03. The molecule has 0 spiro atoms. The van der Waals surface area contributed by atoms with Crippen LogP contribution in [0, 0.1) is 10.1 Å². The lowest BCUT2D eigenvalue weighted by atomic mass is 10.2. The van der Waals surface area contributed by atoms with E-state index in [0.29, 0.717) is 13.0 Å². The van der Waals surface area contributed by atoms with Gasteiger partial charge in [-0.2, -0.15) is 0 Å². The van der Waals surface area contributed by atoms with Crippen molar-refractivity contribution in [3.8, 4) is 0 Å². The maximum absolute atomic E-state index is 12.0. The summed E-state index contributed by atoms with van der Waals surface area (Å²) in [4.78, 5) is 29.9. The summed E-state index contributed by atoms with van der Waals surface area (Å²) in [5.74, 6) is 0.234. The smallest absolute Gasteiger partial charge is 0.300 e. The molecule has 2 aromatic heterocycles. The number of halogens is 1. The van der Waals surface area contributed by atoms with E-state index < -0.39 is 10.8 Å². The lowest BCUT2D eigenvalue weighted by Gasteiger charge is -2.06. The van der Waals surface area contributed by atoms with Gasteiger partial charge in [-0.05, 0) is 6.07 Å². The number of rotatable bonds is 5. The molecular weight excluding hydrogens is 298 g/mol. The van der Waals surface area contributed by atoms with Crippen molar-refractivity contribution in [2.75, 3.05) is 6.54 Å². The highest BCUT2D eigenvalue weighted by Crippen LogP contribution is 2.20. The molecule has 0 aliphatic rings. The number of aromatic nitrogens is 3. The van der Waals surface area contributed by atoms with Gasteiger partial charge in [0.2, 0.25) is 0 Å². The lowest BCUT2D eigenvalue weighted by Crippen LogP contribution is -2.27. The molecule has 0 aromatic carbocycles.